The molecule has 0 fully saturated rings. The van der Waals surface area contributed by atoms with Gasteiger partial charge in [0.05, 0.1) is 17.4 Å². The van der Waals surface area contributed by atoms with Crippen molar-refractivity contribution in [2.24, 2.45) is 0 Å². The fourth-order valence-electron chi connectivity index (χ4n) is 2.39. The molecule has 2 heterocycles. The molecule has 0 saturated carbocycles. The van der Waals surface area contributed by atoms with Gasteiger partial charge in [0.15, 0.2) is 5.58 Å². The number of carbonyl (C=O) groups excluding carboxylic acids is 1. The molecule has 0 unspecified atom stereocenters. The number of anilines is 1. The minimum atomic E-state index is -0.692. The van der Waals surface area contributed by atoms with E-state index in [4.69, 9.17) is 20.8 Å². The molecule has 0 aliphatic carbocycles. The van der Waals surface area contributed by atoms with Gasteiger partial charge in [-0.15, -0.1) is 11.3 Å². The number of hydrogen-bond donors (Lipinski definition) is 1. The number of thiophene rings is 1. The molecular weight excluding hydrogens is 378 g/mol. The van der Waals surface area contributed by atoms with Crippen LogP contribution in [0, 0.1) is 0 Å². The van der Waals surface area contributed by atoms with Gasteiger partial charge in [-0.05, 0) is 24.3 Å². The van der Waals surface area contributed by atoms with Gasteiger partial charge in [0, 0.05) is 18.1 Å². The van der Waals surface area contributed by atoms with Crippen LogP contribution in [0.2, 0.25) is 5.02 Å². The quantitative estimate of drug-likeness (QED) is 0.670. The first-order valence-electron chi connectivity index (χ1n) is 7.39. The van der Waals surface area contributed by atoms with Crippen LogP contribution in [0.25, 0.3) is 16.0 Å². The van der Waals surface area contributed by atoms with Crippen LogP contribution in [0.4, 0.5) is 5.00 Å². The van der Waals surface area contributed by atoms with E-state index in [1.807, 2.05) is 0 Å². The number of amides is 1. The maximum absolute atomic E-state index is 12.8. The van der Waals surface area contributed by atoms with Crippen molar-refractivity contribution in [3.05, 3.63) is 63.5 Å². The number of methoxy groups -OCH3 is 1. The molecule has 0 atom stereocenters. The summed E-state index contributed by atoms with van der Waals surface area (Å²) in [6, 6.07) is 7.83. The van der Waals surface area contributed by atoms with Gasteiger partial charge in [-0.1, -0.05) is 18.2 Å². The van der Waals surface area contributed by atoms with Gasteiger partial charge in [-0.25, -0.2) is 4.79 Å². The fraction of sp³-hybridized carbons (Fsp3) is 0.111. The molecule has 0 bridgehead atoms. The fourth-order valence-corrected chi connectivity index (χ4v) is 3.54. The molecule has 1 N–H and O–H groups in total. The van der Waals surface area contributed by atoms with Crippen molar-refractivity contribution in [1.29, 1.82) is 0 Å². The molecule has 0 saturated heterocycles. The summed E-state index contributed by atoms with van der Waals surface area (Å²) in [5, 5.41) is 10.5. The molecule has 1 aromatic carbocycles. The van der Waals surface area contributed by atoms with Gasteiger partial charge in [0.1, 0.15) is 22.1 Å². The molecule has 0 spiro atoms. The van der Waals surface area contributed by atoms with Crippen LogP contribution in [0.5, 0.6) is 5.75 Å². The first kappa shape index (κ1) is 18.0. The van der Waals surface area contributed by atoms with Gasteiger partial charge in [-0.3, -0.25) is 4.79 Å². The van der Waals surface area contributed by atoms with Crippen LogP contribution in [0.3, 0.4) is 0 Å². The van der Waals surface area contributed by atoms with Gasteiger partial charge in [0.25, 0.3) is 5.91 Å². The molecule has 134 valence electrons. The van der Waals surface area contributed by atoms with Crippen LogP contribution < -0.4 is 15.3 Å². The second kappa shape index (κ2) is 6.86. The standard InChI is InChI=1S/C18H14ClNO5S/c1-9(21)12-7-15-14(25-18(12)23)8-16(26-15)20(2)17(22)11-5-4-10(19)6-13(11)24-3/h4-8,21H,1H2,2-3H3. The Kier molecular flexibility index (Phi) is 4.76. The monoisotopic (exact) mass is 391 g/mol. The number of carbonyl (C=O) groups is 1. The highest BCUT2D eigenvalue weighted by Crippen LogP contribution is 2.34. The summed E-state index contributed by atoms with van der Waals surface area (Å²) < 4.78 is 11.0. The third kappa shape index (κ3) is 3.18. The van der Waals surface area contributed by atoms with Crippen molar-refractivity contribution in [2.45, 2.75) is 0 Å². The van der Waals surface area contributed by atoms with E-state index in [-0.39, 0.29) is 17.2 Å². The van der Waals surface area contributed by atoms with E-state index >= 15 is 0 Å². The van der Waals surface area contributed by atoms with Crippen LogP contribution in [-0.2, 0) is 0 Å². The highest BCUT2D eigenvalue weighted by Gasteiger charge is 2.21. The lowest BCUT2D eigenvalue weighted by molar-refractivity contribution is 0.0990. The van der Waals surface area contributed by atoms with E-state index in [1.165, 1.54) is 29.4 Å². The van der Waals surface area contributed by atoms with Crippen LogP contribution in [0.1, 0.15) is 15.9 Å². The first-order chi connectivity index (χ1) is 12.3. The second-order valence-electron chi connectivity index (χ2n) is 5.42. The summed E-state index contributed by atoms with van der Waals surface area (Å²) in [5.74, 6) is -0.314. The Labute approximate surface area is 157 Å². The molecule has 8 heteroatoms. The topological polar surface area (TPSA) is 80.0 Å². The molecule has 3 rings (SSSR count). The van der Waals surface area contributed by atoms with Gasteiger partial charge in [0.2, 0.25) is 0 Å². The number of halogens is 1. The maximum Gasteiger partial charge on any atom is 0.347 e. The average molecular weight is 392 g/mol. The summed E-state index contributed by atoms with van der Waals surface area (Å²) in [6.45, 7) is 3.34. The van der Waals surface area contributed by atoms with Crippen LogP contribution >= 0.6 is 22.9 Å². The van der Waals surface area contributed by atoms with Crippen molar-refractivity contribution < 1.29 is 19.1 Å². The van der Waals surface area contributed by atoms with E-state index in [2.05, 4.69) is 6.58 Å². The van der Waals surface area contributed by atoms with Crippen LogP contribution in [-0.4, -0.2) is 25.2 Å². The van der Waals surface area contributed by atoms with Gasteiger partial charge >= 0.3 is 5.63 Å². The number of fused-ring (bicyclic) bond motifs is 1. The van der Waals surface area contributed by atoms with Crippen molar-refractivity contribution >= 4 is 49.9 Å². The average Bonchev–Trinajstić information content (AvgIpc) is 3.02. The third-order valence-electron chi connectivity index (χ3n) is 3.75. The Bertz CT molecular complexity index is 1080. The summed E-state index contributed by atoms with van der Waals surface area (Å²) in [4.78, 5) is 26.1. The predicted octanol–water partition coefficient (Wildman–Crippen LogP) is 4.32. The lowest BCUT2D eigenvalue weighted by Gasteiger charge is -2.16. The lowest BCUT2D eigenvalue weighted by atomic mass is 10.2. The number of ether oxygens (including phenoxy) is 1. The van der Waals surface area contributed by atoms with Crippen molar-refractivity contribution in [3.8, 4) is 5.75 Å². The molecule has 6 nitrogen and oxygen atoms in total. The largest absolute Gasteiger partial charge is 0.508 e. The lowest BCUT2D eigenvalue weighted by Crippen LogP contribution is -2.25. The number of nitrogens with zero attached hydrogens (tertiary/aromatic N) is 1. The molecule has 0 radical (unpaired) electrons. The molecule has 0 aliphatic rings. The van der Waals surface area contributed by atoms with Crippen molar-refractivity contribution in [3.63, 3.8) is 0 Å². The zero-order valence-corrected chi connectivity index (χ0v) is 15.5. The SMILES string of the molecule is C=C(O)c1cc2sc(N(C)C(=O)c3ccc(Cl)cc3OC)cc2oc1=O. The highest BCUT2D eigenvalue weighted by atomic mass is 35.5. The molecule has 2 aromatic heterocycles. The normalized spacial score (nSPS) is 10.7. The molecular formula is C18H14ClNO5S. The highest BCUT2D eigenvalue weighted by molar-refractivity contribution is 7.22. The smallest absolute Gasteiger partial charge is 0.347 e. The van der Waals surface area contributed by atoms with E-state index in [1.54, 1.807) is 31.3 Å². The Hall–Kier alpha value is -2.77. The number of hydrogen-bond acceptors (Lipinski definition) is 6. The van der Waals surface area contributed by atoms with Crippen LogP contribution in [0.15, 0.2) is 46.1 Å². The number of benzene rings is 1. The van der Waals surface area contributed by atoms with Crippen molar-refractivity contribution in [1.82, 2.24) is 0 Å². The Morgan fingerprint density at radius 3 is 2.69 bits per heavy atom. The van der Waals surface area contributed by atoms with E-state index in [9.17, 15) is 14.7 Å². The zero-order valence-electron chi connectivity index (χ0n) is 13.9. The summed E-state index contributed by atoms with van der Waals surface area (Å²) >= 11 is 7.17. The number of aliphatic hydroxyl groups excluding tert-OH is 1. The predicted molar refractivity (Wildman–Crippen MR) is 103 cm³/mol. The number of rotatable bonds is 4. The molecule has 3 aromatic rings. The minimum absolute atomic E-state index is 0.0146. The summed E-state index contributed by atoms with van der Waals surface area (Å²) in [6.07, 6.45) is 0. The zero-order chi connectivity index (χ0) is 19.0. The molecule has 0 aliphatic heterocycles. The maximum atomic E-state index is 12.8. The second-order valence-corrected chi connectivity index (χ2v) is 6.91. The third-order valence-corrected chi connectivity index (χ3v) is 5.12. The van der Waals surface area contributed by atoms with Gasteiger partial charge in [-0.2, -0.15) is 0 Å². The van der Waals surface area contributed by atoms with Gasteiger partial charge < -0.3 is 19.2 Å². The number of aliphatic hydroxyl groups is 1. The summed E-state index contributed by atoms with van der Waals surface area (Å²) in [5.41, 5.74) is -0.0348. The van der Waals surface area contributed by atoms with E-state index < -0.39 is 5.63 Å². The molecule has 26 heavy (non-hydrogen) atoms. The molecule has 1 amide bonds. The van der Waals surface area contributed by atoms with Crippen molar-refractivity contribution in [2.75, 3.05) is 19.1 Å². The van der Waals surface area contributed by atoms with E-state index in [0.29, 0.717) is 31.6 Å². The first-order valence-corrected chi connectivity index (χ1v) is 8.58. The Morgan fingerprint density at radius 1 is 1.31 bits per heavy atom. The van der Waals surface area contributed by atoms with E-state index in [0.717, 1.165) is 0 Å². The summed E-state index contributed by atoms with van der Waals surface area (Å²) in [7, 11) is 3.06. The Morgan fingerprint density at radius 2 is 2.04 bits per heavy atom. The Balaban J connectivity index is 2.02. The minimum Gasteiger partial charge on any atom is -0.508 e.